The Hall–Kier alpha value is -0.590. The summed E-state index contributed by atoms with van der Waals surface area (Å²) in [4.78, 5) is 0.213. The number of anilines is 1. The van der Waals surface area contributed by atoms with E-state index in [0.29, 0.717) is 10.2 Å². The van der Waals surface area contributed by atoms with Gasteiger partial charge >= 0.3 is 0 Å². The second kappa shape index (κ2) is 4.96. The molecule has 0 aliphatic rings. The molecule has 1 rings (SSSR count). The molecule has 3 N–H and O–H groups in total. The Kier molecular flexibility index (Phi) is 4.12. The minimum absolute atomic E-state index is 0.0635. The van der Waals surface area contributed by atoms with E-state index < -0.39 is 9.84 Å². The molecule has 0 aliphatic heterocycles. The van der Waals surface area contributed by atoms with E-state index in [1.165, 1.54) is 12.1 Å². The van der Waals surface area contributed by atoms with Crippen LogP contribution in [0.3, 0.4) is 0 Å². The summed E-state index contributed by atoms with van der Waals surface area (Å²) in [6.45, 7) is -0.133. The van der Waals surface area contributed by atoms with Crippen molar-refractivity contribution in [3.05, 3.63) is 22.7 Å². The zero-order valence-electron chi connectivity index (χ0n) is 7.98. The Morgan fingerprint density at radius 2 is 2.07 bits per heavy atom. The Labute approximate surface area is 97.2 Å². The molecular weight excluding hydrogens is 282 g/mol. The maximum Gasteiger partial charge on any atom is 0.179 e. The fraction of sp³-hybridized carbons (Fsp3) is 0.333. The number of aliphatic hydroxyl groups excluding tert-OH is 1. The second-order valence-corrected chi connectivity index (χ2v) is 6.02. The molecule has 0 amide bonds. The summed E-state index contributed by atoms with van der Waals surface area (Å²) in [5.41, 5.74) is 6.01. The standard InChI is InChI=1S/C9H12BrNO3S/c10-8-6-7(11)2-3-9(8)15(13,14)5-1-4-12/h2-3,6,12H,1,4-5,11H2. The van der Waals surface area contributed by atoms with Gasteiger partial charge in [-0.1, -0.05) is 0 Å². The summed E-state index contributed by atoms with van der Waals surface area (Å²) in [5, 5.41) is 8.59. The molecule has 1 aromatic rings. The molecule has 0 unspecified atom stereocenters. The molecule has 0 spiro atoms. The third-order valence-electron chi connectivity index (χ3n) is 1.86. The quantitative estimate of drug-likeness (QED) is 0.817. The Bertz CT molecular complexity index is 445. The van der Waals surface area contributed by atoms with Gasteiger partial charge in [-0.2, -0.15) is 0 Å². The number of nitrogen functional groups attached to an aromatic ring is 1. The zero-order chi connectivity index (χ0) is 11.5. The highest BCUT2D eigenvalue weighted by molar-refractivity contribution is 9.10. The highest BCUT2D eigenvalue weighted by Gasteiger charge is 2.17. The van der Waals surface area contributed by atoms with Crippen LogP contribution in [-0.2, 0) is 9.84 Å². The van der Waals surface area contributed by atoms with Gasteiger partial charge in [-0.05, 0) is 40.5 Å². The Morgan fingerprint density at radius 1 is 1.40 bits per heavy atom. The zero-order valence-corrected chi connectivity index (χ0v) is 10.4. The van der Waals surface area contributed by atoms with Crippen LogP contribution in [0.25, 0.3) is 0 Å². The molecule has 6 heteroatoms. The lowest BCUT2D eigenvalue weighted by Crippen LogP contribution is -2.09. The molecule has 1 aromatic carbocycles. The van der Waals surface area contributed by atoms with Crippen LogP contribution in [-0.4, -0.2) is 25.9 Å². The van der Waals surface area contributed by atoms with Gasteiger partial charge in [0.1, 0.15) is 0 Å². The second-order valence-electron chi connectivity index (χ2n) is 3.09. The average Bonchev–Trinajstić information content (AvgIpc) is 2.14. The van der Waals surface area contributed by atoms with Crippen LogP contribution >= 0.6 is 15.9 Å². The van der Waals surface area contributed by atoms with Crippen molar-refractivity contribution in [2.45, 2.75) is 11.3 Å². The minimum Gasteiger partial charge on any atom is -0.399 e. The van der Waals surface area contributed by atoms with Crippen molar-refractivity contribution in [3.8, 4) is 0 Å². The summed E-state index contributed by atoms with van der Waals surface area (Å²) < 4.78 is 23.9. The fourth-order valence-corrected chi connectivity index (χ4v) is 3.63. The van der Waals surface area contributed by atoms with Gasteiger partial charge in [-0.15, -0.1) is 0 Å². The molecule has 84 valence electrons. The molecule has 0 heterocycles. The molecular formula is C9H12BrNO3S. The summed E-state index contributed by atoms with van der Waals surface area (Å²) in [6, 6.07) is 4.55. The van der Waals surface area contributed by atoms with E-state index in [1.54, 1.807) is 6.07 Å². The number of halogens is 1. The first-order valence-electron chi connectivity index (χ1n) is 4.36. The monoisotopic (exact) mass is 293 g/mol. The number of hydrogen-bond donors (Lipinski definition) is 2. The van der Waals surface area contributed by atoms with Crippen molar-refractivity contribution < 1.29 is 13.5 Å². The van der Waals surface area contributed by atoms with Gasteiger partial charge in [0.15, 0.2) is 9.84 Å². The highest BCUT2D eigenvalue weighted by Crippen LogP contribution is 2.25. The predicted molar refractivity (Wildman–Crippen MR) is 62.3 cm³/mol. The SMILES string of the molecule is Nc1ccc(S(=O)(=O)CCCO)c(Br)c1. The smallest absolute Gasteiger partial charge is 0.179 e. The number of hydrogen-bond acceptors (Lipinski definition) is 4. The van der Waals surface area contributed by atoms with Crippen LogP contribution in [0.5, 0.6) is 0 Å². The molecule has 0 fully saturated rings. The topological polar surface area (TPSA) is 80.4 Å². The number of nitrogens with two attached hydrogens (primary N) is 1. The van der Waals surface area contributed by atoms with Gasteiger partial charge in [0.2, 0.25) is 0 Å². The Morgan fingerprint density at radius 3 is 2.60 bits per heavy atom. The molecule has 0 radical (unpaired) electrons. The van der Waals surface area contributed by atoms with Crippen molar-refractivity contribution in [2.75, 3.05) is 18.1 Å². The Balaban J connectivity index is 3.05. The lowest BCUT2D eigenvalue weighted by atomic mass is 10.3. The average molecular weight is 294 g/mol. The van der Waals surface area contributed by atoms with Gasteiger partial charge in [0, 0.05) is 16.8 Å². The number of sulfone groups is 1. The normalized spacial score (nSPS) is 11.6. The van der Waals surface area contributed by atoms with Gasteiger partial charge in [0.25, 0.3) is 0 Å². The first-order valence-corrected chi connectivity index (χ1v) is 6.80. The van der Waals surface area contributed by atoms with Crippen LogP contribution in [0.15, 0.2) is 27.6 Å². The van der Waals surface area contributed by atoms with Crippen molar-refractivity contribution in [1.82, 2.24) is 0 Å². The lowest BCUT2D eigenvalue weighted by molar-refractivity contribution is 0.295. The van der Waals surface area contributed by atoms with E-state index in [-0.39, 0.29) is 23.7 Å². The van der Waals surface area contributed by atoms with Crippen LogP contribution in [0, 0.1) is 0 Å². The molecule has 0 aromatic heterocycles. The molecule has 4 nitrogen and oxygen atoms in total. The highest BCUT2D eigenvalue weighted by atomic mass is 79.9. The maximum absolute atomic E-state index is 11.7. The third kappa shape index (κ3) is 3.19. The number of benzene rings is 1. The largest absolute Gasteiger partial charge is 0.399 e. The van der Waals surface area contributed by atoms with Crippen LogP contribution in [0.1, 0.15) is 6.42 Å². The fourth-order valence-electron chi connectivity index (χ4n) is 1.13. The van der Waals surface area contributed by atoms with Gasteiger partial charge in [-0.25, -0.2) is 8.42 Å². The summed E-state index contributed by atoms with van der Waals surface area (Å²) in [7, 11) is -3.33. The molecule has 0 atom stereocenters. The molecule has 0 saturated carbocycles. The third-order valence-corrected chi connectivity index (χ3v) is 4.63. The molecule has 15 heavy (non-hydrogen) atoms. The minimum atomic E-state index is -3.33. The number of aliphatic hydroxyl groups is 1. The van der Waals surface area contributed by atoms with Crippen molar-refractivity contribution in [1.29, 1.82) is 0 Å². The van der Waals surface area contributed by atoms with E-state index in [2.05, 4.69) is 15.9 Å². The first kappa shape index (κ1) is 12.5. The van der Waals surface area contributed by atoms with E-state index in [9.17, 15) is 8.42 Å². The van der Waals surface area contributed by atoms with Crippen LogP contribution in [0.2, 0.25) is 0 Å². The van der Waals surface area contributed by atoms with Crippen molar-refractivity contribution in [3.63, 3.8) is 0 Å². The summed E-state index contributed by atoms with van der Waals surface area (Å²) in [5.74, 6) is -0.0635. The first-order chi connectivity index (χ1) is 6.97. The van der Waals surface area contributed by atoms with Crippen molar-refractivity contribution >= 4 is 31.5 Å². The number of rotatable bonds is 4. The van der Waals surface area contributed by atoms with Gasteiger partial charge < -0.3 is 10.8 Å². The van der Waals surface area contributed by atoms with E-state index in [0.717, 1.165) is 0 Å². The van der Waals surface area contributed by atoms with E-state index in [4.69, 9.17) is 10.8 Å². The van der Waals surface area contributed by atoms with Crippen molar-refractivity contribution in [2.24, 2.45) is 0 Å². The summed E-state index contributed by atoms with van der Waals surface area (Å²) in [6.07, 6.45) is 0.235. The molecule has 0 bridgehead atoms. The molecule has 0 aliphatic carbocycles. The predicted octanol–water partition coefficient (Wildman–Crippen LogP) is 1.19. The van der Waals surface area contributed by atoms with E-state index in [1.807, 2.05) is 0 Å². The van der Waals surface area contributed by atoms with E-state index >= 15 is 0 Å². The molecule has 0 saturated heterocycles. The summed E-state index contributed by atoms with van der Waals surface area (Å²) >= 11 is 3.15. The van der Waals surface area contributed by atoms with Gasteiger partial charge in [0.05, 0.1) is 10.6 Å². The lowest BCUT2D eigenvalue weighted by Gasteiger charge is -2.06. The van der Waals surface area contributed by atoms with Crippen LogP contribution < -0.4 is 5.73 Å². The maximum atomic E-state index is 11.7. The van der Waals surface area contributed by atoms with Crippen LogP contribution in [0.4, 0.5) is 5.69 Å². The van der Waals surface area contributed by atoms with Gasteiger partial charge in [-0.3, -0.25) is 0 Å².